The molecule has 0 spiro atoms. The van der Waals surface area contributed by atoms with Crippen molar-refractivity contribution in [1.29, 1.82) is 0 Å². The van der Waals surface area contributed by atoms with Crippen LogP contribution in [-0.4, -0.2) is 55.7 Å². The molecule has 0 N–H and O–H groups in total. The van der Waals surface area contributed by atoms with Gasteiger partial charge >= 0.3 is 0 Å². The fourth-order valence-corrected chi connectivity index (χ4v) is 11.1. The van der Waals surface area contributed by atoms with Gasteiger partial charge in [-0.2, -0.15) is 135 Å². The third-order valence-corrected chi connectivity index (χ3v) is 16.1. The first-order chi connectivity index (χ1) is 43.6. The van der Waals surface area contributed by atoms with E-state index in [0.29, 0.717) is 0 Å². The maximum Gasteiger partial charge on any atom is 0.0192 e. The second-order valence-electron chi connectivity index (χ2n) is 22.8. The van der Waals surface area contributed by atoms with E-state index in [1.165, 1.54) is 73.6 Å². The minimum atomic E-state index is 0. The molecule has 0 aliphatic carbocycles. The van der Waals surface area contributed by atoms with Gasteiger partial charge in [-0.3, -0.25) is 0 Å². The van der Waals surface area contributed by atoms with Gasteiger partial charge in [-0.1, -0.05) is 88.5 Å². The number of pyridine rings is 2. The summed E-state index contributed by atoms with van der Waals surface area (Å²) in [4.78, 5) is 26.6. The quantitative estimate of drug-likeness (QED) is 0.0321. The Kier molecular flexibility index (Phi) is 26.8. The number of hydrogen-bond donors (Lipinski definition) is 0. The van der Waals surface area contributed by atoms with Crippen LogP contribution in [0.4, 0.5) is 22.7 Å². The first-order valence-electron chi connectivity index (χ1n) is 31.7. The second kappa shape index (κ2) is 36.2. The molecular weight excluding hydrogens is 1460 g/mol. The third-order valence-electron chi connectivity index (χ3n) is 16.1. The molecule has 470 valence electrons. The van der Waals surface area contributed by atoms with Gasteiger partial charge in [-0.25, -0.2) is 0 Å². The molecule has 0 saturated carbocycles. The Labute approximate surface area is 564 Å². The molecule has 12 heteroatoms. The van der Waals surface area contributed by atoms with Crippen molar-refractivity contribution in [2.45, 2.75) is 103 Å². The molecule has 4 aliphatic heterocycles. The van der Waals surface area contributed by atoms with E-state index in [4.69, 9.17) is 0 Å². The molecule has 6 heterocycles. The standard InChI is InChI=1S/2C39H40N5.2Ir/c1(2-6-14-35-21-24-39(40-31-35)36-15-7-3-8-16-36)5-13-34-19-22-38(23-20-34)44-30-28-42(33-44)26-12-11-25-41-27-29-43(32-41)37-17-9-4-10-18-37;1(4-12-34-17-21-36(22-18-34)39-16-8-9-25-40-39)2-5-13-35-19-23-38(24-20-35)44-31-29-42(33-44)27-11-10-26-41-28-30-43(32-41)37-14-6-3-7-15-37;;/h3-4,7-10,15,17,19-22,24,27-33H,1-2,5-6,11-14,25-26H2;3,6-9,14,16-21,23,25,28-33H,1-2,4-5,10-13,26-27H2;;/q2*-5;;. The average molecular weight is 1540 g/mol. The van der Waals surface area contributed by atoms with Gasteiger partial charge in [0.15, 0.2) is 0 Å². The van der Waals surface area contributed by atoms with Crippen LogP contribution in [0, 0.1) is 63.1 Å². The Morgan fingerprint density at radius 2 is 0.689 bits per heavy atom. The van der Waals surface area contributed by atoms with Crippen molar-refractivity contribution in [3.8, 4) is 22.5 Å². The Bertz CT molecular complexity index is 3170. The predicted molar refractivity (Wildman–Crippen MR) is 359 cm³/mol. The van der Waals surface area contributed by atoms with Crippen molar-refractivity contribution in [2.24, 2.45) is 0 Å². The van der Waals surface area contributed by atoms with Crippen molar-refractivity contribution < 1.29 is 40.2 Å². The van der Waals surface area contributed by atoms with Crippen LogP contribution in [0.1, 0.15) is 99.3 Å². The van der Waals surface area contributed by atoms with Crippen LogP contribution < -0.4 is 19.6 Å². The summed E-state index contributed by atoms with van der Waals surface area (Å²) < 4.78 is 0. The zero-order valence-electron chi connectivity index (χ0n) is 51.4. The summed E-state index contributed by atoms with van der Waals surface area (Å²) in [6, 6.07) is 74.3. The number of rotatable bonds is 30. The topological polar surface area (TPSA) is 51.7 Å². The van der Waals surface area contributed by atoms with E-state index in [-0.39, 0.29) is 40.2 Å². The molecular formula is C78H80Ir2N10-10. The van der Waals surface area contributed by atoms with Gasteiger partial charge in [-0.15, -0.1) is 106 Å². The maximum absolute atomic E-state index is 4.63. The molecule has 0 bridgehead atoms. The molecule has 0 unspecified atom stereocenters. The number of aromatic nitrogens is 2. The molecule has 4 aliphatic rings. The third kappa shape index (κ3) is 20.7. The summed E-state index contributed by atoms with van der Waals surface area (Å²) in [5.41, 5.74) is 13.8. The van der Waals surface area contributed by atoms with Gasteiger partial charge < -0.3 is 49.2 Å². The van der Waals surface area contributed by atoms with Crippen LogP contribution in [0.3, 0.4) is 0 Å². The largest absolute Gasteiger partial charge is 0.508 e. The smallest absolute Gasteiger partial charge is 0.0192 e. The molecule has 6 aromatic carbocycles. The summed E-state index contributed by atoms with van der Waals surface area (Å²) in [7, 11) is 0. The summed E-state index contributed by atoms with van der Waals surface area (Å²) in [6.07, 6.45) is 39.7. The zero-order valence-corrected chi connectivity index (χ0v) is 56.2. The minimum Gasteiger partial charge on any atom is -0.508 e. The fourth-order valence-electron chi connectivity index (χ4n) is 11.1. The van der Waals surface area contributed by atoms with Crippen molar-refractivity contribution in [1.82, 2.24) is 29.6 Å². The zero-order chi connectivity index (χ0) is 59.6. The number of unbranched alkanes of at least 4 members (excludes halogenated alkanes) is 8. The monoisotopic (exact) mass is 1540 g/mol. The molecule has 90 heavy (non-hydrogen) atoms. The van der Waals surface area contributed by atoms with Crippen molar-refractivity contribution in [3.63, 3.8) is 0 Å². The first-order valence-corrected chi connectivity index (χ1v) is 31.7. The van der Waals surface area contributed by atoms with Gasteiger partial charge in [0.2, 0.25) is 0 Å². The Balaban J connectivity index is 0.000000209. The van der Waals surface area contributed by atoms with Crippen LogP contribution in [0.2, 0.25) is 0 Å². The van der Waals surface area contributed by atoms with Gasteiger partial charge in [0.05, 0.1) is 0 Å². The van der Waals surface area contributed by atoms with Crippen molar-refractivity contribution in [3.05, 3.63) is 305 Å². The number of benzene rings is 6. The van der Waals surface area contributed by atoms with Gasteiger partial charge in [-0.05, 0) is 137 Å². The molecule has 8 aromatic rings. The Morgan fingerprint density at radius 1 is 0.300 bits per heavy atom. The number of para-hydroxylation sites is 2. The van der Waals surface area contributed by atoms with Gasteiger partial charge in [0.25, 0.3) is 0 Å². The van der Waals surface area contributed by atoms with E-state index in [1.54, 1.807) is 0 Å². The minimum absolute atomic E-state index is 0. The summed E-state index contributed by atoms with van der Waals surface area (Å²) in [5, 5.41) is 0. The van der Waals surface area contributed by atoms with E-state index >= 15 is 0 Å². The Morgan fingerprint density at radius 3 is 1.06 bits per heavy atom. The summed E-state index contributed by atoms with van der Waals surface area (Å²) in [5.74, 6) is 0. The van der Waals surface area contributed by atoms with Crippen LogP contribution in [-0.2, 0) is 65.9 Å². The SMILES string of the molecule is [Ir].[Ir].[c-]1cc(CCCCCCc2c[c-]c(N3C=CN(CCCCN4C=CN(c5[c-]cccc5)[CH-]4)[CH-]3)cc2)ccc1-c1ccccn1.[c-]1ccccc1-c1ccc(CCCCCCc2c[c-]c(N3C=CN(CCCCN4C=CN(c5[c-]cccc5)[CH-]4)[CH-]3)cc2)cn1. The van der Waals surface area contributed by atoms with E-state index in [2.05, 4.69) is 247 Å². The molecule has 0 atom stereocenters. The van der Waals surface area contributed by atoms with Crippen LogP contribution in [0.25, 0.3) is 22.5 Å². The van der Waals surface area contributed by atoms with E-state index in [0.717, 1.165) is 123 Å². The van der Waals surface area contributed by atoms with Crippen molar-refractivity contribution in [2.75, 3.05) is 45.8 Å². The molecule has 0 fully saturated rings. The number of anilines is 4. The molecule has 2 radical (unpaired) electrons. The Hall–Kier alpha value is -7.72. The summed E-state index contributed by atoms with van der Waals surface area (Å²) in [6.45, 7) is 12.7. The first kappa shape index (κ1) is 66.7. The van der Waals surface area contributed by atoms with E-state index in [1.807, 2.05) is 85.2 Å². The molecule has 0 saturated heterocycles. The van der Waals surface area contributed by atoms with E-state index < -0.39 is 0 Å². The fraction of sp³-hybridized carbons (Fsp3) is 0.256. The molecule has 2 aromatic heterocycles. The normalized spacial score (nSPS) is 14.0. The van der Waals surface area contributed by atoms with Gasteiger partial charge in [0, 0.05) is 52.6 Å². The summed E-state index contributed by atoms with van der Waals surface area (Å²) >= 11 is 0. The number of nitrogens with zero attached hydrogens (tertiary/aromatic N) is 10. The van der Waals surface area contributed by atoms with Crippen LogP contribution in [0.15, 0.2) is 220 Å². The van der Waals surface area contributed by atoms with Crippen LogP contribution in [0.5, 0.6) is 0 Å². The second-order valence-corrected chi connectivity index (χ2v) is 22.8. The van der Waals surface area contributed by atoms with Crippen LogP contribution >= 0.6 is 0 Å². The molecule has 10 nitrogen and oxygen atoms in total. The number of hydrogen-bond acceptors (Lipinski definition) is 10. The van der Waals surface area contributed by atoms with Gasteiger partial charge in [0.1, 0.15) is 0 Å². The van der Waals surface area contributed by atoms with Crippen molar-refractivity contribution >= 4 is 22.7 Å². The maximum atomic E-state index is 4.63. The predicted octanol–water partition coefficient (Wildman–Crippen LogP) is 16.8. The number of aryl methyl sites for hydroxylation is 4. The molecule has 0 amide bonds. The average Bonchev–Trinajstić information content (AvgIpc) is 3.85. The van der Waals surface area contributed by atoms with E-state index in [9.17, 15) is 0 Å². The molecule has 12 rings (SSSR count).